The van der Waals surface area contributed by atoms with Gasteiger partial charge in [-0.3, -0.25) is 0 Å². The summed E-state index contributed by atoms with van der Waals surface area (Å²) in [7, 11) is 0. The number of hydrogen-bond acceptors (Lipinski definition) is 2. The first kappa shape index (κ1) is 25.4. The molecule has 0 fully saturated rings. The Morgan fingerprint density at radius 3 is 2.20 bits per heavy atom. The van der Waals surface area contributed by atoms with E-state index < -0.39 is 5.97 Å². The lowest BCUT2D eigenvalue weighted by Gasteiger charge is -2.09. The van der Waals surface area contributed by atoms with E-state index in [1.54, 1.807) is 0 Å². The van der Waals surface area contributed by atoms with Crippen molar-refractivity contribution in [2.45, 2.75) is 25.7 Å². The molecule has 0 aliphatic carbocycles. The number of carbonyl (C=O) groups is 1. The van der Waals surface area contributed by atoms with Crippen molar-refractivity contribution in [3.8, 4) is 16.9 Å². The largest absolute Gasteiger partial charge is 0.493 e. The maximum atomic E-state index is 12.2. The fraction of sp³-hybridized carbons (Fsp3) is 0.139. The molecule has 0 aliphatic heterocycles. The molecule has 4 heteroatoms. The van der Waals surface area contributed by atoms with Gasteiger partial charge in [-0.1, -0.05) is 109 Å². The highest BCUT2D eigenvalue weighted by Gasteiger charge is 2.18. The number of aryl methyl sites for hydroxylation is 3. The van der Waals surface area contributed by atoms with E-state index in [9.17, 15) is 9.90 Å². The minimum atomic E-state index is -0.927. The summed E-state index contributed by atoms with van der Waals surface area (Å²) in [6.45, 7) is 0.512. The van der Waals surface area contributed by atoms with Crippen LogP contribution in [0.3, 0.4) is 0 Å². The third-order valence-corrected chi connectivity index (χ3v) is 7.56. The van der Waals surface area contributed by atoms with Gasteiger partial charge >= 0.3 is 5.97 Å². The van der Waals surface area contributed by atoms with Gasteiger partial charge in [0, 0.05) is 16.3 Å². The lowest BCUT2D eigenvalue weighted by molar-refractivity contribution is 0.0690. The zero-order chi connectivity index (χ0) is 27.3. The SMILES string of the molecule is O=C(O)c1[nH]c2c(CCc3ccc(-c4ccccc4)cc3)cccc2c1CCCOc1cccc2ccccc12. The zero-order valence-corrected chi connectivity index (χ0v) is 22.3. The van der Waals surface area contributed by atoms with Gasteiger partial charge in [0.15, 0.2) is 0 Å². The molecule has 198 valence electrons. The number of aromatic carboxylic acids is 1. The fourth-order valence-electron chi connectivity index (χ4n) is 5.51. The lowest BCUT2D eigenvalue weighted by atomic mass is 9.98. The Morgan fingerprint density at radius 2 is 1.38 bits per heavy atom. The number of rotatable bonds is 10. The smallest absolute Gasteiger partial charge is 0.352 e. The highest BCUT2D eigenvalue weighted by Crippen LogP contribution is 2.29. The van der Waals surface area contributed by atoms with Crippen molar-refractivity contribution in [3.63, 3.8) is 0 Å². The van der Waals surface area contributed by atoms with Crippen molar-refractivity contribution < 1.29 is 14.6 Å². The summed E-state index contributed by atoms with van der Waals surface area (Å²) in [4.78, 5) is 15.4. The van der Waals surface area contributed by atoms with Gasteiger partial charge in [-0.25, -0.2) is 4.79 Å². The molecule has 5 aromatic carbocycles. The second-order valence-electron chi connectivity index (χ2n) is 10.1. The van der Waals surface area contributed by atoms with Crippen LogP contribution in [0, 0.1) is 0 Å². The summed E-state index contributed by atoms with van der Waals surface area (Å²) in [5, 5.41) is 13.2. The van der Waals surface area contributed by atoms with E-state index in [1.807, 2.05) is 42.5 Å². The van der Waals surface area contributed by atoms with Crippen molar-refractivity contribution >= 4 is 27.6 Å². The molecule has 6 aromatic rings. The minimum absolute atomic E-state index is 0.278. The summed E-state index contributed by atoms with van der Waals surface area (Å²) in [6.07, 6.45) is 3.04. The number of ether oxygens (including phenoxy) is 1. The second-order valence-corrected chi connectivity index (χ2v) is 10.1. The molecule has 0 bridgehead atoms. The Bertz CT molecular complexity index is 1760. The Balaban J connectivity index is 1.16. The Kier molecular flexibility index (Phi) is 7.32. The van der Waals surface area contributed by atoms with Crippen LogP contribution in [0.1, 0.15) is 33.6 Å². The lowest BCUT2D eigenvalue weighted by Crippen LogP contribution is -2.04. The number of carboxylic acids is 1. The van der Waals surface area contributed by atoms with E-state index in [1.165, 1.54) is 16.7 Å². The molecule has 0 spiro atoms. The predicted octanol–water partition coefficient (Wildman–Crippen LogP) is 8.48. The van der Waals surface area contributed by atoms with Crippen molar-refractivity contribution in [1.29, 1.82) is 0 Å². The molecule has 1 aromatic heterocycles. The highest BCUT2D eigenvalue weighted by atomic mass is 16.5. The molecule has 2 N–H and O–H groups in total. The predicted molar refractivity (Wildman–Crippen MR) is 162 cm³/mol. The molecule has 0 unspecified atom stereocenters. The normalized spacial score (nSPS) is 11.2. The van der Waals surface area contributed by atoms with Gasteiger partial charge in [0.05, 0.1) is 6.61 Å². The molecule has 0 saturated carbocycles. The molecule has 40 heavy (non-hydrogen) atoms. The van der Waals surface area contributed by atoms with Crippen LogP contribution >= 0.6 is 0 Å². The first-order valence-corrected chi connectivity index (χ1v) is 13.8. The second kappa shape index (κ2) is 11.5. The van der Waals surface area contributed by atoms with E-state index in [0.29, 0.717) is 19.4 Å². The molecule has 0 amide bonds. The van der Waals surface area contributed by atoms with Crippen LogP contribution in [-0.2, 0) is 19.3 Å². The van der Waals surface area contributed by atoms with Crippen molar-refractivity contribution in [1.82, 2.24) is 4.98 Å². The van der Waals surface area contributed by atoms with Gasteiger partial charge in [0.2, 0.25) is 0 Å². The molecule has 0 radical (unpaired) electrons. The summed E-state index contributed by atoms with van der Waals surface area (Å²) in [5.74, 6) is -0.0711. The first-order chi connectivity index (χ1) is 19.7. The number of aromatic amines is 1. The van der Waals surface area contributed by atoms with Crippen molar-refractivity contribution in [2.24, 2.45) is 0 Å². The van der Waals surface area contributed by atoms with E-state index in [-0.39, 0.29) is 5.69 Å². The summed E-state index contributed by atoms with van der Waals surface area (Å²) in [6, 6.07) is 39.4. The minimum Gasteiger partial charge on any atom is -0.493 e. The van der Waals surface area contributed by atoms with Gasteiger partial charge in [-0.2, -0.15) is 0 Å². The van der Waals surface area contributed by atoms with Crippen LogP contribution in [0.15, 0.2) is 115 Å². The van der Waals surface area contributed by atoms with Gasteiger partial charge in [-0.15, -0.1) is 0 Å². The molecule has 6 rings (SSSR count). The van der Waals surface area contributed by atoms with Crippen molar-refractivity contribution in [3.05, 3.63) is 138 Å². The number of para-hydroxylation sites is 1. The van der Waals surface area contributed by atoms with Crippen LogP contribution in [0.25, 0.3) is 32.8 Å². The highest BCUT2D eigenvalue weighted by molar-refractivity contribution is 5.98. The Hall–Kier alpha value is -4.83. The third kappa shape index (κ3) is 5.34. The van der Waals surface area contributed by atoms with Gasteiger partial charge in [0.25, 0.3) is 0 Å². The molecular formula is C36H31NO3. The van der Waals surface area contributed by atoms with Gasteiger partial charge in [0.1, 0.15) is 11.4 Å². The molecule has 0 saturated heterocycles. The maximum absolute atomic E-state index is 12.2. The monoisotopic (exact) mass is 525 g/mol. The molecular weight excluding hydrogens is 494 g/mol. The quantitative estimate of drug-likeness (QED) is 0.176. The fourth-order valence-corrected chi connectivity index (χ4v) is 5.51. The average Bonchev–Trinajstić information content (AvgIpc) is 3.38. The number of carboxylic acid groups (broad SMARTS) is 1. The van der Waals surface area contributed by atoms with Crippen LogP contribution < -0.4 is 4.74 Å². The maximum Gasteiger partial charge on any atom is 0.352 e. The first-order valence-electron chi connectivity index (χ1n) is 13.8. The van der Waals surface area contributed by atoms with Gasteiger partial charge in [-0.05, 0) is 65.0 Å². The molecule has 0 aliphatic rings. The third-order valence-electron chi connectivity index (χ3n) is 7.56. The molecule has 1 heterocycles. The number of fused-ring (bicyclic) bond motifs is 2. The van der Waals surface area contributed by atoms with Crippen LogP contribution in [0.4, 0.5) is 0 Å². The summed E-state index contributed by atoms with van der Waals surface area (Å²) in [5.41, 5.74) is 6.85. The van der Waals surface area contributed by atoms with Crippen LogP contribution in [0.2, 0.25) is 0 Å². The Labute approximate surface area is 233 Å². The van der Waals surface area contributed by atoms with E-state index >= 15 is 0 Å². The zero-order valence-electron chi connectivity index (χ0n) is 22.3. The van der Waals surface area contributed by atoms with Crippen molar-refractivity contribution in [2.75, 3.05) is 6.61 Å². The number of nitrogens with one attached hydrogen (secondary N) is 1. The Morgan fingerprint density at radius 1 is 0.675 bits per heavy atom. The van der Waals surface area contributed by atoms with Crippen LogP contribution in [0.5, 0.6) is 5.75 Å². The topological polar surface area (TPSA) is 62.3 Å². The van der Waals surface area contributed by atoms with E-state index in [0.717, 1.165) is 51.4 Å². The number of hydrogen-bond donors (Lipinski definition) is 2. The molecule has 0 atom stereocenters. The number of H-pyrrole nitrogens is 1. The van der Waals surface area contributed by atoms with Crippen LogP contribution in [-0.4, -0.2) is 22.7 Å². The standard InChI is InChI=1S/C36H31NO3/c38-36(39)35-32(16-8-24-40-33-17-7-12-28-11-4-5-14-30(28)33)31-15-6-13-29(34(31)37-35)23-20-25-18-21-27(22-19-25)26-9-2-1-3-10-26/h1-7,9-15,17-19,21-22,37H,8,16,20,23-24H2,(H,38,39). The summed E-state index contributed by atoms with van der Waals surface area (Å²) >= 11 is 0. The van der Waals surface area contributed by atoms with E-state index in [2.05, 4.69) is 77.8 Å². The van der Waals surface area contributed by atoms with Gasteiger partial charge < -0.3 is 14.8 Å². The number of aromatic nitrogens is 1. The number of benzene rings is 5. The molecule has 4 nitrogen and oxygen atoms in total. The van der Waals surface area contributed by atoms with E-state index in [4.69, 9.17) is 4.74 Å². The summed E-state index contributed by atoms with van der Waals surface area (Å²) < 4.78 is 6.12. The average molecular weight is 526 g/mol.